The first kappa shape index (κ1) is 30.7. The number of hydrogen-bond donors (Lipinski definition) is 3. The maximum Gasteiger partial charge on any atom is 0.330 e. The van der Waals surface area contributed by atoms with Gasteiger partial charge in [-0.25, -0.2) is 4.79 Å². The fraction of sp³-hybridized carbons (Fsp3) is 0.310. The van der Waals surface area contributed by atoms with E-state index in [1.807, 2.05) is 0 Å². The van der Waals surface area contributed by atoms with E-state index >= 15 is 0 Å². The molecule has 41 heavy (non-hydrogen) atoms. The Labute approximate surface area is 236 Å². The summed E-state index contributed by atoms with van der Waals surface area (Å²) < 4.78 is 5.41. The van der Waals surface area contributed by atoms with Gasteiger partial charge < -0.3 is 20.5 Å². The lowest BCUT2D eigenvalue weighted by Crippen LogP contribution is -2.35. The maximum atomic E-state index is 12.3. The highest BCUT2D eigenvalue weighted by molar-refractivity contribution is 5.98. The van der Waals surface area contributed by atoms with E-state index in [4.69, 9.17) is 4.74 Å². The fourth-order valence-electron chi connectivity index (χ4n) is 4.57. The van der Waals surface area contributed by atoms with Crippen LogP contribution in [0.2, 0.25) is 0 Å². The Balaban J connectivity index is 0.000000248. The molecule has 0 heterocycles. The molecule has 0 bridgehead atoms. The van der Waals surface area contributed by atoms with Crippen LogP contribution in [0.5, 0.6) is 5.75 Å². The van der Waals surface area contributed by atoms with Crippen LogP contribution in [-0.4, -0.2) is 46.5 Å². The number of carboxylic acids is 1. The molecule has 3 aromatic carbocycles. The average Bonchev–Trinajstić information content (AvgIpc) is 2.98. The minimum atomic E-state index is -1.41. The molecule has 216 valence electrons. The maximum absolute atomic E-state index is 12.3. The van der Waals surface area contributed by atoms with E-state index in [0.717, 1.165) is 37.3 Å². The Morgan fingerprint density at radius 1 is 1.02 bits per heavy atom. The molecule has 12 nitrogen and oxygen atoms in total. The number of carbonyl (C=O) groups excluding carboxylic acids is 1. The van der Waals surface area contributed by atoms with E-state index in [-0.39, 0.29) is 11.1 Å². The molecule has 0 saturated carbocycles. The predicted octanol–water partition coefficient (Wildman–Crippen LogP) is 4.61. The molecule has 2 atom stereocenters. The van der Waals surface area contributed by atoms with Crippen molar-refractivity contribution in [1.29, 1.82) is 0 Å². The number of nitro groups is 2. The van der Waals surface area contributed by atoms with Crippen molar-refractivity contribution in [2.45, 2.75) is 44.7 Å². The molecular formula is C29H32N4O8. The lowest BCUT2D eigenvalue weighted by Gasteiger charge is -2.26. The van der Waals surface area contributed by atoms with Crippen LogP contribution >= 0.6 is 0 Å². The molecule has 12 heteroatoms. The summed E-state index contributed by atoms with van der Waals surface area (Å²) in [6, 6.07) is 15.8. The molecular weight excluding hydrogens is 532 g/mol. The van der Waals surface area contributed by atoms with E-state index in [1.54, 1.807) is 25.3 Å². The van der Waals surface area contributed by atoms with Gasteiger partial charge in [-0.3, -0.25) is 25.0 Å². The molecule has 1 amide bonds. The number of nitro benzene ring substituents is 2. The Morgan fingerprint density at radius 3 is 2.24 bits per heavy atom. The minimum Gasteiger partial charge on any atom is -0.496 e. The van der Waals surface area contributed by atoms with E-state index in [9.17, 15) is 34.9 Å². The number of amides is 1. The largest absolute Gasteiger partial charge is 0.496 e. The van der Waals surface area contributed by atoms with Gasteiger partial charge in [0.25, 0.3) is 17.3 Å². The number of benzene rings is 3. The summed E-state index contributed by atoms with van der Waals surface area (Å²) in [5, 5.41) is 36.8. The summed E-state index contributed by atoms with van der Waals surface area (Å²) in [6.07, 6.45) is 4.72. The lowest BCUT2D eigenvalue weighted by atomic mass is 9.87. The first-order valence-corrected chi connectivity index (χ1v) is 13.0. The topological polar surface area (TPSA) is 174 Å². The number of rotatable bonds is 10. The smallest absolute Gasteiger partial charge is 0.330 e. The number of carboxylic acid groups (broad SMARTS) is 1. The van der Waals surface area contributed by atoms with E-state index in [1.165, 1.54) is 36.1 Å². The summed E-state index contributed by atoms with van der Waals surface area (Å²) in [7, 11) is 1.76. The zero-order valence-electron chi connectivity index (χ0n) is 22.7. The molecule has 0 aliphatic heterocycles. The second-order valence-electron chi connectivity index (χ2n) is 9.40. The molecule has 3 aromatic rings. The second kappa shape index (κ2) is 14.5. The van der Waals surface area contributed by atoms with Gasteiger partial charge in [0, 0.05) is 18.2 Å². The SMILES string of the molecule is CCCN[C@H]1CCc2c(cccc2OC)C1.O=C(N[C@@H](C(=O)O)c1ccccc1)c1cc([N+](=O)[O-])cc([N+](=O)[O-])c1. The second-order valence-corrected chi connectivity index (χ2v) is 9.40. The van der Waals surface area contributed by atoms with Crippen LogP contribution in [0.15, 0.2) is 66.7 Å². The van der Waals surface area contributed by atoms with Crippen molar-refractivity contribution in [3.63, 3.8) is 0 Å². The van der Waals surface area contributed by atoms with Gasteiger partial charge in [0.2, 0.25) is 0 Å². The number of non-ortho nitro benzene ring substituents is 2. The Hall–Kier alpha value is -4.84. The first-order chi connectivity index (χ1) is 19.6. The Morgan fingerprint density at radius 2 is 1.68 bits per heavy atom. The van der Waals surface area contributed by atoms with Gasteiger partial charge in [0.05, 0.1) is 28.6 Å². The lowest BCUT2D eigenvalue weighted by molar-refractivity contribution is -0.394. The van der Waals surface area contributed by atoms with Crippen LogP contribution in [0.3, 0.4) is 0 Å². The van der Waals surface area contributed by atoms with Gasteiger partial charge in [0.1, 0.15) is 5.75 Å². The predicted molar refractivity (Wildman–Crippen MR) is 151 cm³/mol. The van der Waals surface area contributed by atoms with Crippen molar-refractivity contribution in [1.82, 2.24) is 10.6 Å². The summed E-state index contributed by atoms with van der Waals surface area (Å²) in [5.41, 5.74) is 1.47. The van der Waals surface area contributed by atoms with Gasteiger partial charge >= 0.3 is 5.97 Å². The molecule has 1 aliphatic rings. The number of ether oxygens (including phenoxy) is 1. The third-order valence-electron chi connectivity index (χ3n) is 6.58. The molecule has 4 rings (SSSR count). The standard InChI is InChI=1S/C15H11N3O7.C14H21NO/c19-14(16-13(15(20)21)9-4-2-1-3-5-9)10-6-11(17(22)23)8-12(7-10)18(24)25;1-3-9-15-12-7-8-13-11(10-12)5-4-6-14(13)16-2/h1-8,13H,(H,16,19)(H,20,21);4-6,12,15H,3,7-10H2,1-2H3/t13-;12-/m10/s1. The molecule has 0 radical (unpaired) electrons. The number of methoxy groups -OCH3 is 1. The third kappa shape index (κ3) is 8.32. The first-order valence-electron chi connectivity index (χ1n) is 13.0. The van der Waals surface area contributed by atoms with E-state index in [2.05, 4.69) is 35.8 Å². The third-order valence-corrected chi connectivity index (χ3v) is 6.58. The van der Waals surface area contributed by atoms with Crippen LogP contribution in [0, 0.1) is 20.2 Å². The summed E-state index contributed by atoms with van der Waals surface area (Å²) in [4.78, 5) is 43.6. The van der Waals surface area contributed by atoms with Crippen molar-refractivity contribution in [2.24, 2.45) is 0 Å². The zero-order chi connectivity index (χ0) is 29.9. The van der Waals surface area contributed by atoms with Gasteiger partial charge in [0.15, 0.2) is 6.04 Å². The number of hydrogen-bond acceptors (Lipinski definition) is 8. The number of aliphatic carboxylic acids is 1. The number of nitrogens with one attached hydrogen (secondary N) is 2. The average molecular weight is 565 g/mol. The van der Waals surface area contributed by atoms with Crippen molar-refractivity contribution < 1.29 is 29.3 Å². The molecule has 0 aromatic heterocycles. The summed E-state index contributed by atoms with van der Waals surface area (Å²) >= 11 is 0. The number of carbonyl (C=O) groups is 2. The minimum absolute atomic E-state index is 0.281. The monoisotopic (exact) mass is 564 g/mol. The van der Waals surface area contributed by atoms with Crippen LogP contribution in [0.25, 0.3) is 0 Å². The Bertz CT molecular complexity index is 1360. The molecule has 0 saturated heterocycles. The van der Waals surface area contributed by atoms with Crippen LogP contribution in [0.4, 0.5) is 11.4 Å². The quantitative estimate of drug-likeness (QED) is 0.235. The number of nitrogens with zero attached hydrogens (tertiary/aromatic N) is 2. The highest BCUT2D eigenvalue weighted by Gasteiger charge is 2.25. The van der Waals surface area contributed by atoms with Crippen LogP contribution < -0.4 is 15.4 Å². The van der Waals surface area contributed by atoms with E-state index in [0.29, 0.717) is 12.1 Å². The molecule has 0 unspecified atom stereocenters. The molecule has 1 aliphatic carbocycles. The Kier molecular flexibility index (Phi) is 10.9. The highest BCUT2D eigenvalue weighted by atomic mass is 16.6. The highest BCUT2D eigenvalue weighted by Crippen LogP contribution is 2.29. The van der Waals surface area contributed by atoms with E-state index < -0.39 is 39.1 Å². The van der Waals surface area contributed by atoms with Gasteiger partial charge in [-0.05, 0) is 55.0 Å². The van der Waals surface area contributed by atoms with Crippen LogP contribution in [-0.2, 0) is 17.6 Å². The van der Waals surface area contributed by atoms with Crippen molar-refractivity contribution >= 4 is 23.3 Å². The van der Waals surface area contributed by atoms with Crippen molar-refractivity contribution in [3.8, 4) is 5.75 Å². The molecule has 0 spiro atoms. The molecule has 3 N–H and O–H groups in total. The fourth-order valence-corrected chi connectivity index (χ4v) is 4.57. The normalized spacial score (nSPS) is 14.4. The zero-order valence-corrected chi connectivity index (χ0v) is 22.7. The van der Waals surface area contributed by atoms with Gasteiger partial charge in [-0.1, -0.05) is 49.4 Å². The summed E-state index contributed by atoms with van der Waals surface area (Å²) in [5.74, 6) is -1.27. The molecule has 0 fully saturated rings. The summed E-state index contributed by atoms with van der Waals surface area (Å²) in [6.45, 7) is 3.34. The van der Waals surface area contributed by atoms with Crippen molar-refractivity contribution in [3.05, 3.63) is 109 Å². The van der Waals surface area contributed by atoms with Gasteiger partial charge in [-0.15, -0.1) is 0 Å². The van der Waals surface area contributed by atoms with Crippen LogP contribution in [0.1, 0.15) is 52.9 Å². The van der Waals surface area contributed by atoms with Crippen molar-refractivity contribution in [2.75, 3.05) is 13.7 Å². The van der Waals surface area contributed by atoms with Gasteiger partial charge in [-0.2, -0.15) is 0 Å². The number of fused-ring (bicyclic) bond motifs is 1.